The summed E-state index contributed by atoms with van der Waals surface area (Å²) in [6, 6.07) is 0. The smallest absolute Gasteiger partial charge is 0.320 e. The molecule has 60 valence electrons. The van der Waals surface area contributed by atoms with E-state index < -0.39 is 15.1 Å². The minimum Gasteiger partial charge on any atom is -0.358 e. The summed E-state index contributed by atoms with van der Waals surface area (Å²) in [6.07, 6.45) is 0. The van der Waals surface area contributed by atoms with Crippen LogP contribution in [-0.2, 0) is 13.9 Å². The molecule has 0 radical (unpaired) electrons. The van der Waals surface area contributed by atoms with Gasteiger partial charge < -0.3 is 5.32 Å². The Morgan fingerprint density at radius 1 is 1.70 bits per heavy atom. The molecule has 1 amide bonds. The van der Waals surface area contributed by atoms with Crippen LogP contribution in [0.15, 0.2) is 0 Å². The van der Waals surface area contributed by atoms with Crippen molar-refractivity contribution in [3.63, 3.8) is 0 Å². The zero-order valence-electron chi connectivity index (χ0n) is 5.20. The van der Waals surface area contributed by atoms with Crippen LogP contribution in [0.3, 0.4) is 0 Å². The maximum absolute atomic E-state index is 10.4. The SMILES string of the molecule is CNC(=O)CSS(=O)(=O)O. The van der Waals surface area contributed by atoms with E-state index in [0.717, 1.165) is 0 Å². The van der Waals surface area contributed by atoms with Gasteiger partial charge in [-0.3, -0.25) is 9.35 Å². The Morgan fingerprint density at radius 2 is 2.20 bits per heavy atom. The first-order valence-corrected chi connectivity index (χ1v) is 5.22. The van der Waals surface area contributed by atoms with Gasteiger partial charge in [-0.1, -0.05) is 0 Å². The summed E-state index contributed by atoms with van der Waals surface area (Å²) in [4.78, 5) is 10.4. The van der Waals surface area contributed by atoms with Crippen LogP contribution in [0, 0.1) is 0 Å². The average Bonchev–Trinajstić information content (AvgIpc) is 1.81. The molecule has 0 heterocycles. The van der Waals surface area contributed by atoms with Crippen molar-refractivity contribution in [2.45, 2.75) is 0 Å². The van der Waals surface area contributed by atoms with E-state index in [-0.39, 0.29) is 16.5 Å². The Morgan fingerprint density at radius 3 is 2.50 bits per heavy atom. The standard InChI is InChI=1S/C3H7NO4S2/c1-4-3(5)2-9-10(6,7)8/h2H2,1H3,(H,4,5)(H,6,7,8). The second-order valence-electron chi connectivity index (χ2n) is 1.36. The molecule has 0 aromatic heterocycles. The van der Waals surface area contributed by atoms with Gasteiger partial charge in [0.1, 0.15) is 0 Å². The summed E-state index contributed by atoms with van der Waals surface area (Å²) in [7, 11) is -2.51. The van der Waals surface area contributed by atoms with Crippen LogP contribution in [0.1, 0.15) is 0 Å². The zero-order valence-corrected chi connectivity index (χ0v) is 6.83. The molecule has 0 fully saturated rings. The van der Waals surface area contributed by atoms with Crippen LogP contribution in [0.25, 0.3) is 0 Å². The number of rotatable bonds is 3. The summed E-state index contributed by atoms with van der Waals surface area (Å²) < 4.78 is 28.1. The molecule has 7 heteroatoms. The van der Waals surface area contributed by atoms with E-state index in [0.29, 0.717) is 0 Å². The largest absolute Gasteiger partial charge is 0.358 e. The molecule has 0 saturated carbocycles. The normalized spacial score (nSPS) is 11.0. The Kier molecular flexibility index (Phi) is 3.69. The number of hydrogen-bond acceptors (Lipinski definition) is 4. The van der Waals surface area contributed by atoms with Gasteiger partial charge in [0, 0.05) is 17.8 Å². The molecule has 0 atom stereocenters. The third-order valence-corrected chi connectivity index (χ3v) is 2.54. The molecular formula is C3H7NO4S2. The summed E-state index contributed by atoms with van der Waals surface area (Å²) >= 11 is 0. The quantitative estimate of drug-likeness (QED) is 0.447. The molecule has 0 aliphatic rings. The lowest BCUT2D eigenvalue weighted by Gasteiger charge is -1.94. The second-order valence-corrected chi connectivity index (χ2v) is 4.71. The molecule has 5 nitrogen and oxygen atoms in total. The predicted molar refractivity (Wildman–Crippen MR) is 38.1 cm³/mol. The third kappa shape index (κ3) is 5.86. The number of amides is 1. The summed E-state index contributed by atoms with van der Waals surface area (Å²) in [5.74, 6) is -0.724. The number of carbonyl (C=O) groups is 1. The molecule has 0 aliphatic heterocycles. The predicted octanol–water partition coefficient (Wildman–Crippen LogP) is -0.732. The van der Waals surface area contributed by atoms with Crippen molar-refractivity contribution in [1.82, 2.24) is 5.32 Å². The van der Waals surface area contributed by atoms with Gasteiger partial charge in [-0.05, 0) is 0 Å². The molecule has 10 heavy (non-hydrogen) atoms. The van der Waals surface area contributed by atoms with E-state index in [2.05, 4.69) is 5.32 Å². The second kappa shape index (κ2) is 3.79. The van der Waals surface area contributed by atoms with Gasteiger partial charge in [0.15, 0.2) is 0 Å². The zero-order chi connectivity index (χ0) is 8.20. The van der Waals surface area contributed by atoms with Gasteiger partial charge >= 0.3 is 9.15 Å². The first-order valence-electron chi connectivity index (χ1n) is 2.28. The topological polar surface area (TPSA) is 83.5 Å². The van der Waals surface area contributed by atoms with E-state index >= 15 is 0 Å². The van der Waals surface area contributed by atoms with Crippen LogP contribution in [0.4, 0.5) is 0 Å². The lowest BCUT2D eigenvalue weighted by Crippen LogP contribution is -2.20. The Balaban J connectivity index is 3.67. The van der Waals surface area contributed by atoms with E-state index in [4.69, 9.17) is 4.55 Å². The van der Waals surface area contributed by atoms with E-state index in [9.17, 15) is 13.2 Å². The lowest BCUT2D eigenvalue weighted by atomic mass is 10.7. The van der Waals surface area contributed by atoms with Gasteiger partial charge in [-0.15, -0.1) is 0 Å². The first kappa shape index (κ1) is 9.73. The molecule has 0 aromatic rings. The van der Waals surface area contributed by atoms with Gasteiger partial charge in [0.2, 0.25) is 5.91 Å². The van der Waals surface area contributed by atoms with Crippen LogP contribution in [-0.4, -0.2) is 31.7 Å². The highest BCUT2D eigenvalue weighted by molar-refractivity contribution is 8.70. The molecule has 0 saturated heterocycles. The third-order valence-electron chi connectivity index (χ3n) is 0.618. The van der Waals surface area contributed by atoms with Gasteiger partial charge in [-0.2, -0.15) is 8.42 Å². The molecule has 0 aromatic carbocycles. The fraction of sp³-hybridized carbons (Fsp3) is 0.667. The van der Waals surface area contributed by atoms with Gasteiger partial charge in [0.05, 0.1) is 5.75 Å². The van der Waals surface area contributed by atoms with Crippen LogP contribution < -0.4 is 5.32 Å². The van der Waals surface area contributed by atoms with Crippen molar-refractivity contribution in [3.8, 4) is 0 Å². The van der Waals surface area contributed by atoms with Crippen molar-refractivity contribution >= 4 is 25.9 Å². The van der Waals surface area contributed by atoms with Crippen LogP contribution >= 0.6 is 10.8 Å². The van der Waals surface area contributed by atoms with Crippen molar-refractivity contribution in [1.29, 1.82) is 0 Å². The molecular weight excluding hydrogens is 178 g/mol. The monoisotopic (exact) mass is 185 g/mol. The van der Waals surface area contributed by atoms with Crippen LogP contribution in [0.5, 0.6) is 0 Å². The van der Waals surface area contributed by atoms with Crippen LogP contribution in [0.2, 0.25) is 0 Å². The minimum atomic E-state index is -4.07. The van der Waals surface area contributed by atoms with Crippen molar-refractivity contribution < 1.29 is 17.8 Å². The number of carbonyl (C=O) groups excluding carboxylic acids is 1. The summed E-state index contributed by atoms with van der Waals surface area (Å²) in [5.41, 5.74) is 0. The molecule has 0 bridgehead atoms. The Labute approximate surface area is 62.3 Å². The van der Waals surface area contributed by atoms with Crippen molar-refractivity contribution in [2.24, 2.45) is 0 Å². The number of nitrogens with one attached hydrogen (secondary N) is 1. The van der Waals surface area contributed by atoms with Crippen molar-refractivity contribution in [2.75, 3.05) is 12.8 Å². The van der Waals surface area contributed by atoms with E-state index in [1.807, 2.05) is 0 Å². The highest BCUT2D eigenvalue weighted by atomic mass is 33.1. The fourth-order valence-electron chi connectivity index (χ4n) is 0.200. The molecule has 0 spiro atoms. The van der Waals surface area contributed by atoms with E-state index in [1.54, 1.807) is 0 Å². The molecule has 0 unspecified atom stereocenters. The van der Waals surface area contributed by atoms with Gasteiger partial charge in [-0.25, -0.2) is 0 Å². The number of hydrogen-bond donors (Lipinski definition) is 2. The fourth-order valence-corrected chi connectivity index (χ4v) is 1.37. The summed E-state index contributed by atoms with van der Waals surface area (Å²) in [5, 5.41) is 2.20. The maximum Gasteiger partial charge on any atom is 0.320 e. The highest BCUT2D eigenvalue weighted by Gasteiger charge is 2.07. The van der Waals surface area contributed by atoms with E-state index in [1.165, 1.54) is 7.05 Å². The van der Waals surface area contributed by atoms with Crippen molar-refractivity contribution in [3.05, 3.63) is 0 Å². The minimum absolute atomic E-state index is 0.182. The Hall–Kier alpha value is -0.270. The molecule has 0 rings (SSSR count). The first-order chi connectivity index (χ1) is 4.45. The maximum atomic E-state index is 10.4. The molecule has 2 N–H and O–H groups in total. The average molecular weight is 185 g/mol. The highest BCUT2D eigenvalue weighted by Crippen LogP contribution is 2.07. The lowest BCUT2D eigenvalue weighted by molar-refractivity contribution is -0.118. The summed E-state index contributed by atoms with van der Waals surface area (Å²) in [6.45, 7) is 0. The Bertz CT molecular complexity index is 209. The van der Waals surface area contributed by atoms with Gasteiger partial charge in [0.25, 0.3) is 0 Å². The molecule has 0 aliphatic carbocycles.